The number of ketones is 2. The molecular weight excluding hydrogens is 344 g/mol. The van der Waals surface area contributed by atoms with Crippen LogP contribution in [0, 0.1) is 0 Å². The summed E-state index contributed by atoms with van der Waals surface area (Å²) in [5.74, 6) is 0.398. The molecule has 0 saturated carbocycles. The minimum absolute atomic E-state index is 0.154. The molecule has 0 bridgehead atoms. The van der Waals surface area contributed by atoms with Crippen molar-refractivity contribution >= 4 is 23.2 Å². The maximum atomic E-state index is 11.2. The van der Waals surface area contributed by atoms with Gasteiger partial charge in [0.1, 0.15) is 0 Å². The van der Waals surface area contributed by atoms with Crippen molar-refractivity contribution in [3.8, 4) is 0 Å². The fourth-order valence-electron chi connectivity index (χ4n) is 1.84. The van der Waals surface area contributed by atoms with Crippen molar-refractivity contribution in [3.05, 3.63) is 70.7 Å². The summed E-state index contributed by atoms with van der Waals surface area (Å²) in [5, 5.41) is 0.664. The lowest BCUT2D eigenvalue weighted by Crippen LogP contribution is -1.96. The lowest BCUT2D eigenvalue weighted by atomic mass is 10.1. The molecular formula is C23H33ClO2. The molecule has 26 heavy (non-hydrogen) atoms. The summed E-state index contributed by atoms with van der Waals surface area (Å²) < 4.78 is 0. The van der Waals surface area contributed by atoms with Crippen LogP contribution in [0.2, 0.25) is 5.02 Å². The average Bonchev–Trinajstić information content (AvgIpc) is 2.72. The van der Waals surface area contributed by atoms with Gasteiger partial charge in [-0.1, -0.05) is 83.5 Å². The fourth-order valence-corrected chi connectivity index (χ4v) is 1.96. The number of Topliss-reactive ketones (excluding diaryl/α,β-unsaturated/α-hetero) is 2. The molecule has 0 fully saturated rings. The van der Waals surface area contributed by atoms with E-state index >= 15 is 0 Å². The van der Waals surface area contributed by atoms with E-state index in [4.69, 9.17) is 11.6 Å². The molecule has 3 heteroatoms. The van der Waals surface area contributed by atoms with Crippen molar-refractivity contribution in [2.24, 2.45) is 0 Å². The molecule has 0 radical (unpaired) electrons. The zero-order valence-corrected chi connectivity index (χ0v) is 17.8. The maximum Gasteiger partial charge on any atom is 0.162 e. The highest BCUT2D eigenvalue weighted by molar-refractivity contribution is 6.30. The average molecular weight is 377 g/mol. The summed E-state index contributed by atoms with van der Waals surface area (Å²) in [6.45, 7) is 11.9. The molecule has 0 amide bonds. The molecule has 0 unspecified atom stereocenters. The van der Waals surface area contributed by atoms with Gasteiger partial charge in [-0.25, -0.2) is 0 Å². The van der Waals surface area contributed by atoms with Gasteiger partial charge in [-0.15, -0.1) is 0 Å². The number of rotatable bonds is 5. The highest BCUT2D eigenvalue weighted by Crippen LogP contribution is 2.10. The summed E-state index contributed by atoms with van der Waals surface area (Å²) in [7, 11) is 0. The summed E-state index contributed by atoms with van der Waals surface area (Å²) in [5.41, 5.74) is 1.56. The van der Waals surface area contributed by atoms with E-state index in [9.17, 15) is 9.59 Å². The third kappa shape index (κ3) is 11.6. The molecule has 2 aromatic carbocycles. The standard InChI is InChI=1S/C10H12O.C9H9ClO.2C2H6/c1-2-6-10(11)9-7-4-3-5-8-9;1-2-9(11)7-3-5-8(10)6-4-7;2*1-2/h3-5,7-8H,2,6H2,1H3;3-6H,2H2,1H3;2*1-2H3. The topological polar surface area (TPSA) is 34.1 Å². The van der Waals surface area contributed by atoms with E-state index in [1.807, 2.05) is 71.9 Å². The van der Waals surface area contributed by atoms with E-state index in [1.54, 1.807) is 24.3 Å². The Morgan fingerprint density at radius 2 is 1.19 bits per heavy atom. The first-order valence-corrected chi connectivity index (χ1v) is 9.83. The minimum atomic E-state index is 0.154. The molecule has 0 aliphatic rings. The van der Waals surface area contributed by atoms with Gasteiger partial charge in [0.15, 0.2) is 11.6 Å². The Balaban J connectivity index is 0. The fraction of sp³-hybridized carbons (Fsp3) is 0.391. The van der Waals surface area contributed by atoms with Gasteiger partial charge in [-0.05, 0) is 30.7 Å². The molecule has 2 rings (SSSR count). The van der Waals surface area contributed by atoms with Gasteiger partial charge >= 0.3 is 0 Å². The van der Waals surface area contributed by atoms with Crippen molar-refractivity contribution in [1.82, 2.24) is 0 Å². The lowest BCUT2D eigenvalue weighted by Gasteiger charge is -1.96. The summed E-state index contributed by atoms with van der Waals surface area (Å²) in [4.78, 5) is 22.3. The largest absolute Gasteiger partial charge is 0.294 e. The quantitative estimate of drug-likeness (QED) is 0.502. The van der Waals surface area contributed by atoms with Crippen LogP contribution in [-0.2, 0) is 0 Å². The van der Waals surface area contributed by atoms with E-state index in [-0.39, 0.29) is 11.6 Å². The third-order valence-corrected chi connectivity index (χ3v) is 3.31. The van der Waals surface area contributed by atoms with Gasteiger partial charge in [0.2, 0.25) is 0 Å². The normalized spacial score (nSPS) is 8.58. The Morgan fingerprint density at radius 1 is 0.731 bits per heavy atom. The monoisotopic (exact) mass is 376 g/mol. The Morgan fingerprint density at radius 3 is 1.62 bits per heavy atom. The Labute approximate surface area is 164 Å². The number of hydrogen-bond acceptors (Lipinski definition) is 2. The first kappa shape index (κ1) is 26.3. The van der Waals surface area contributed by atoms with Gasteiger partial charge in [0.25, 0.3) is 0 Å². The SMILES string of the molecule is CC.CC.CCC(=O)c1ccc(Cl)cc1.CCCC(=O)c1ccccc1. The number of carbonyl (C=O) groups excluding carboxylic acids is 2. The third-order valence-electron chi connectivity index (χ3n) is 3.06. The van der Waals surface area contributed by atoms with Crippen molar-refractivity contribution in [3.63, 3.8) is 0 Å². The molecule has 0 N–H and O–H groups in total. The summed E-state index contributed by atoms with van der Waals surface area (Å²) in [6.07, 6.45) is 2.12. The van der Waals surface area contributed by atoms with Crippen LogP contribution in [0.5, 0.6) is 0 Å². The van der Waals surface area contributed by atoms with Gasteiger partial charge in [-0.3, -0.25) is 9.59 Å². The van der Waals surface area contributed by atoms with Gasteiger partial charge in [-0.2, -0.15) is 0 Å². The zero-order chi connectivity index (χ0) is 20.4. The van der Waals surface area contributed by atoms with E-state index in [2.05, 4.69) is 0 Å². The van der Waals surface area contributed by atoms with Crippen LogP contribution >= 0.6 is 11.6 Å². The maximum absolute atomic E-state index is 11.2. The van der Waals surface area contributed by atoms with Crippen LogP contribution < -0.4 is 0 Å². The van der Waals surface area contributed by atoms with Crippen molar-refractivity contribution < 1.29 is 9.59 Å². The van der Waals surface area contributed by atoms with Crippen LogP contribution in [0.1, 0.15) is 81.5 Å². The molecule has 0 saturated heterocycles. The highest BCUT2D eigenvalue weighted by Gasteiger charge is 2.01. The smallest absolute Gasteiger partial charge is 0.162 e. The van der Waals surface area contributed by atoms with Crippen molar-refractivity contribution in [1.29, 1.82) is 0 Å². The van der Waals surface area contributed by atoms with Gasteiger partial charge < -0.3 is 0 Å². The van der Waals surface area contributed by atoms with Crippen LogP contribution in [0.15, 0.2) is 54.6 Å². The van der Waals surface area contributed by atoms with Gasteiger partial charge in [0, 0.05) is 29.0 Å². The van der Waals surface area contributed by atoms with Gasteiger partial charge in [0.05, 0.1) is 0 Å². The zero-order valence-electron chi connectivity index (χ0n) is 17.0. The predicted octanol–water partition coefficient (Wildman–Crippen LogP) is 7.65. The second-order valence-corrected chi connectivity index (χ2v) is 5.26. The van der Waals surface area contributed by atoms with Crippen LogP contribution in [-0.4, -0.2) is 11.6 Å². The molecule has 0 atom stereocenters. The van der Waals surface area contributed by atoms with E-state index in [0.717, 1.165) is 17.5 Å². The second kappa shape index (κ2) is 17.9. The van der Waals surface area contributed by atoms with Crippen molar-refractivity contribution in [2.75, 3.05) is 0 Å². The number of benzene rings is 2. The molecule has 2 aromatic rings. The second-order valence-electron chi connectivity index (χ2n) is 4.82. The molecule has 2 nitrogen and oxygen atoms in total. The summed E-state index contributed by atoms with van der Waals surface area (Å²) in [6, 6.07) is 16.4. The molecule has 144 valence electrons. The molecule has 0 aromatic heterocycles. The highest BCUT2D eigenvalue weighted by atomic mass is 35.5. The molecule has 0 heterocycles. The number of halogens is 1. The lowest BCUT2D eigenvalue weighted by molar-refractivity contribution is 0.0976. The van der Waals surface area contributed by atoms with Crippen LogP contribution in [0.4, 0.5) is 0 Å². The van der Waals surface area contributed by atoms with Crippen LogP contribution in [0.25, 0.3) is 0 Å². The predicted molar refractivity (Wildman–Crippen MR) is 114 cm³/mol. The van der Waals surface area contributed by atoms with E-state index in [1.165, 1.54) is 0 Å². The summed E-state index contributed by atoms with van der Waals surface area (Å²) >= 11 is 5.65. The van der Waals surface area contributed by atoms with Crippen molar-refractivity contribution in [2.45, 2.75) is 60.8 Å². The number of carbonyl (C=O) groups is 2. The molecule has 0 spiro atoms. The van der Waals surface area contributed by atoms with Crippen LogP contribution in [0.3, 0.4) is 0 Å². The first-order valence-electron chi connectivity index (χ1n) is 9.45. The first-order chi connectivity index (χ1) is 12.6. The molecule has 0 aliphatic heterocycles. The molecule has 0 aliphatic carbocycles. The minimum Gasteiger partial charge on any atom is -0.294 e. The number of hydrogen-bond donors (Lipinski definition) is 0. The Kier molecular flexibility index (Phi) is 18.1. The van der Waals surface area contributed by atoms with E-state index < -0.39 is 0 Å². The Hall–Kier alpha value is -1.93. The van der Waals surface area contributed by atoms with E-state index in [0.29, 0.717) is 17.9 Å². The Bertz CT molecular complexity index is 589.